The molecule has 226 valence electrons. The maximum atomic E-state index is 13.8. The number of aromatic nitrogens is 1. The third-order valence-corrected chi connectivity index (χ3v) is 7.79. The molecule has 0 spiro atoms. The maximum Gasteiger partial charge on any atom is 0.289 e. The number of benzene rings is 3. The first-order valence-electron chi connectivity index (χ1n) is 14.7. The molecule has 10 heteroatoms. The average Bonchev–Trinajstić information content (AvgIpc) is 3.53. The van der Waals surface area contributed by atoms with Crippen molar-refractivity contribution in [3.8, 4) is 0 Å². The van der Waals surface area contributed by atoms with Crippen molar-refractivity contribution >= 4 is 40.3 Å². The van der Waals surface area contributed by atoms with E-state index in [0.29, 0.717) is 18.5 Å². The van der Waals surface area contributed by atoms with Crippen molar-refractivity contribution in [2.75, 3.05) is 6.54 Å². The van der Waals surface area contributed by atoms with Gasteiger partial charge in [0.2, 0.25) is 17.6 Å². The van der Waals surface area contributed by atoms with Crippen LogP contribution in [0.15, 0.2) is 91.1 Å². The number of piperidine rings is 1. The SMILES string of the molecule is O=C(NCc1ccccc1)C(=O)[C@H](C[C@@H]1CCCNC1=O)NC(=O)[C@H](Cc1ccccc1)NC(=O)c1ccc2[nH]ccc2c1. The summed E-state index contributed by atoms with van der Waals surface area (Å²) in [6.45, 7) is 0.672. The van der Waals surface area contributed by atoms with Gasteiger partial charge in [-0.3, -0.25) is 24.0 Å². The molecule has 2 heterocycles. The molecule has 10 nitrogen and oxygen atoms in total. The molecule has 4 amide bonds. The number of H-pyrrole nitrogens is 1. The maximum absolute atomic E-state index is 13.8. The van der Waals surface area contributed by atoms with Crippen LogP contribution in [0, 0.1) is 5.92 Å². The number of carbonyl (C=O) groups excluding carboxylic acids is 5. The Morgan fingerprint density at radius 2 is 1.57 bits per heavy atom. The molecule has 5 rings (SSSR count). The number of hydrogen-bond donors (Lipinski definition) is 5. The number of nitrogens with one attached hydrogen (secondary N) is 5. The lowest BCUT2D eigenvalue weighted by Gasteiger charge is -2.27. The molecule has 3 aromatic carbocycles. The lowest BCUT2D eigenvalue weighted by molar-refractivity contribution is -0.141. The molecule has 3 atom stereocenters. The van der Waals surface area contributed by atoms with Gasteiger partial charge in [0.1, 0.15) is 6.04 Å². The third-order valence-electron chi connectivity index (χ3n) is 7.79. The Hall–Kier alpha value is -5.25. The van der Waals surface area contributed by atoms with Crippen molar-refractivity contribution in [3.63, 3.8) is 0 Å². The Bertz CT molecular complexity index is 1640. The van der Waals surface area contributed by atoms with Crippen LogP contribution in [-0.4, -0.2) is 53.0 Å². The summed E-state index contributed by atoms with van der Waals surface area (Å²) in [4.78, 5) is 69.2. The summed E-state index contributed by atoms with van der Waals surface area (Å²) in [7, 11) is 0. The Morgan fingerprint density at radius 3 is 2.30 bits per heavy atom. The van der Waals surface area contributed by atoms with Crippen LogP contribution in [0.3, 0.4) is 0 Å². The number of ketones is 1. The van der Waals surface area contributed by atoms with E-state index < -0.39 is 41.5 Å². The van der Waals surface area contributed by atoms with E-state index >= 15 is 0 Å². The molecule has 1 aliphatic heterocycles. The van der Waals surface area contributed by atoms with Crippen molar-refractivity contribution in [2.24, 2.45) is 5.92 Å². The zero-order valence-electron chi connectivity index (χ0n) is 24.2. The predicted molar refractivity (Wildman–Crippen MR) is 165 cm³/mol. The van der Waals surface area contributed by atoms with Gasteiger partial charge < -0.3 is 26.3 Å². The number of aromatic amines is 1. The summed E-state index contributed by atoms with van der Waals surface area (Å²) in [6.07, 6.45) is 3.14. The molecule has 1 fully saturated rings. The van der Waals surface area contributed by atoms with Gasteiger partial charge in [-0.25, -0.2) is 0 Å². The van der Waals surface area contributed by atoms with Gasteiger partial charge in [0.25, 0.3) is 11.8 Å². The van der Waals surface area contributed by atoms with Gasteiger partial charge in [-0.05, 0) is 54.7 Å². The number of fused-ring (bicyclic) bond motifs is 1. The van der Waals surface area contributed by atoms with E-state index in [-0.39, 0.29) is 25.3 Å². The van der Waals surface area contributed by atoms with E-state index in [4.69, 9.17) is 0 Å². The van der Waals surface area contributed by atoms with Gasteiger partial charge in [-0.2, -0.15) is 0 Å². The van der Waals surface area contributed by atoms with E-state index in [2.05, 4.69) is 26.3 Å². The molecule has 0 saturated carbocycles. The first-order chi connectivity index (χ1) is 21.4. The Morgan fingerprint density at radius 1 is 0.841 bits per heavy atom. The van der Waals surface area contributed by atoms with Crippen molar-refractivity contribution in [2.45, 2.75) is 44.3 Å². The summed E-state index contributed by atoms with van der Waals surface area (Å²) >= 11 is 0. The van der Waals surface area contributed by atoms with Gasteiger partial charge in [0.15, 0.2) is 0 Å². The van der Waals surface area contributed by atoms with E-state index in [1.165, 1.54) is 0 Å². The first-order valence-corrected chi connectivity index (χ1v) is 14.7. The van der Waals surface area contributed by atoms with E-state index in [0.717, 1.165) is 28.5 Å². The molecule has 5 N–H and O–H groups in total. The van der Waals surface area contributed by atoms with E-state index in [9.17, 15) is 24.0 Å². The highest BCUT2D eigenvalue weighted by atomic mass is 16.2. The van der Waals surface area contributed by atoms with Crippen molar-refractivity contribution in [1.82, 2.24) is 26.3 Å². The quantitative estimate of drug-likeness (QED) is 0.160. The second kappa shape index (κ2) is 14.3. The van der Waals surface area contributed by atoms with Crippen LogP contribution < -0.4 is 21.3 Å². The fraction of sp³-hybridized carbons (Fsp3) is 0.265. The lowest BCUT2D eigenvalue weighted by Crippen LogP contribution is -2.55. The predicted octanol–water partition coefficient (Wildman–Crippen LogP) is 2.80. The summed E-state index contributed by atoms with van der Waals surface area (Å²) in [6, 6.07) is 23.0. The summed E-state index contributed by atoms with van der Waals surface area (Å²) in [5, 5.41) is 11.8. The molecular weight excluding hydrogens is 558 g/mol. The molecule has 0 unspecified atom stereocenters. The van der Waals surface area contributed by atoms with Gasteiger partial charge in [0.05, 0.1) is 6.04 Å². The zero-order valence-corrected chi connectivity index (χ0v) is 24.2. The van der Waals surface area contributed by atoms with E-state index in [1.807, 2.05) is 66.7 Å². The summed E-state index contributed by atoms with van der Waals surface area (Å²) < 4.78 is 0. The van der Waals surface area contributed by atoms with E-state index in [1.54, 1.807) is 24.4 Å². The smallest absolute Gasteiger partial charge is 0.289 e. The minimum atomic E-state index is -1.27. The largest absolute Gasteiger partial charge is 0.361 e. The monoisotopic (exact) mass is 593 g/mol. The molecule has 0 aliphatic carbocycles. The van der Waals surface area contributed by atoms with Crippen LogP contribution >= 0.6 is 0 Å². The standard InChI is InChI=1S/C34H35N5O5/c40-30(34(44)37-21-23-10-5-2-6-11-23)28(20-25-12-7-16-36-31(25)41)38-33(43)29(18-22-8-3-1-4-9-22)39-32(42)26-13-14-27-24(19-26)15-17-35-27/h1-6,8-11,13-15,17,19,25,28-29,35H,7,12,16,18,20-21H2,(H,36,41)(H,37,44)(H,38,43)(H,39,42)/t25-,28-,29-/m0/s1. The van der Waals surface area contributed by atoms with Crippen LogP contribution in [-0.2, 0) is 32.1 Å². The van der Waals surface area contributed by atoms with Crippen molar-refractivity contribution in [1.29, 1.82) is 0 Å². The van der Waals surface area contributed by atoms with Crippen LogP contribution in [0.25, 0.3) is 10.9 Å². The Balaban J connectivity index is 1.35. The highest BCUT2D eigenvalue weighted by Crippen LogP contribution is 2.19. The minimum absolute atomic E-state index is 0.0364. The highest BCUT2D eigenvalue weighted by molar-refractivity contribution is 6.38. The lowest BCUT2D eigenvalue weighted by atomic mass is 9.89. The second-order valence-corrected chi connectivity index (χ2v) is 11.0. The molecule has 1 saturated heterocycles. The average molecular weight is 594 g/mol. The third kappa shape index (κ3) is 7.77. The number of rotatable bonds is 12. The zero-order chi connectivity index (χ0) is 30.9. The minimum Gasteiger partial charge on any atom is -0.361 e. The molecule has 0 bridgehead atoms. The van der Waals surface area contributed by atoms with Crippen LogP contribution in [0.5, 0.6) is 0 Å². The van der Waals surface area contributed by atoms with Gasteiger partial charge in [0, 0.05) is 48.1 Å². The topological polar surface area (TPSA) is 149 Å². The Kier molecular flexibility index (Phi) is 9.81. The highest BCUT2D eigenvalue weighted by Gasteiger charge is 2.35. The molecular formula is C34H35N5O5. The fourth-order valence-corrected chi connectivity index (χ4v) is 5.37. The van der Waals surface area contributed by atoms with Crippen LogP contribution in [0.4, 0.5) is 0 Å². The Labute approximate surface area is 255 Å². The molecule has 44 heavy (non-hydrogen) atoms. The van der Waals surface area contributed by atoms with Gasteiger partial charge in [-0.15, -0.1) is 0 Å². The number of carbonyl (C=O) groups is 5. The normalized spacial score (nSPS) is 15.9. The van der Waals surface area contributed by atoms with Crippen LogP contribution in [0.2, 0.25) is 0 Å². The van der Waals surface area contributed by atoms with Gasteiger partial charge in [-0.1, -0.05) is 60.7 Å². The fourth-order valence-electron chi connectivity index (χ4n) is 5.37. The molecule has 0 radical (unpaired) electrons. The number of Topliss-reactive ketones (excluding diaryl/α,β-unsaturated/α-hetero) is 1. The summed E-state index contributed by atoms with van der Waals surface area (Å²) in [5.74, 6) is -3.57. The van der Waals surface area contributed by atoms with Crippen molar-refractivity contribution < 1.29 is 24.0 Å². The first kappa shape index (κ1) is 30.2. The van der Waals surface area contributed by atoms with Crippen LogP contribution in [0.1, 0.15) is 40.7 Å². The number of amides is 4. The molecule has 4 aromatic rings. The summed E-state index contributed by atoms with van der Waals surface area (Å²) in [5.41, 5.74) is 2.85. The number of hydrogen-bond acceptors (Lipinski definition) is 5. The molecule has 1 aromatic heterocycles. The molecule has 1 aliphatic rings. The second-order valence-electron chi connectivity index (χ2n) is 11.0. The van der Waals surface area contributed by atoms with Gasteiger partial charge >= 0.3 is 0 Å². The van der Waals surface area contributed by atoms with Crippen molar-refractivity contribution in [3.05, 3.63) is 108 Å².